The van der Waals surface area contributed by atoms with Crippen LogP contribution in [0.2, 0.25) is 0 Å². The summed E-state index contributed by atoms with van der Waals surface area (Å²) in [5.41, 5.74) is 0.451. The minimum Gasteiger partial charge on any atom is -0.352 e. The van der Waals surface area contributed by atoms with Crippen molar-refractivity contribution in [1.82, 2.24) is 25.3 Å². The summed E-state index contributed by atoms with van der Waals surface area (Å²) in [6.07, 6.45) is 7.85. The molecule has 3 fully saturated rings. The molecule has 1 aromatic heterocycles. The third kappa shape index (κ3) is 3.17. The lowest BCUT2D eigenvalue weighted by molar-refractivity contribution is -0.125. The molecular weight excluding hydrogens is 306 g/mol. The largest absolute Gasteiger partial charge is 0.352 e. The molecule has 2 unspecified atom stereocenters. The van der Waals surface area contributed by atoms with E-state index in [1.54, 1.807) is 11.0 Å². The molecule has 0 spiro atoms. The van der Waals surface area contributed by atoms with E-state index in [2.05, 4.69) is 15.7 Å². The van der Waals surface area contributed by atoms with Crippen molar-refractivity contribution in [2.75, 3.05) is 19.6 Å². The Hall–Kier alpha value is -1.89. The van der Waals surface area contributed by atoms with Gasteiger partial charge in [-0.15, -0.1) is 0 Å². The summed E-state index contributed by atoms with van der Waals surface area (Å²) < 4.78 is 1.90. The molecule has 3 aliphatic rings. The van der Waals surface area contributed by atoms with Gasteiger partial charge in [0, 0.05) is 25.3 Å². The lowest BCUT2D eigenvalue weighted by Gasteiger charge is -2.24. The Morgan fingerprint density at radius 3 is 2.83 bits per heavy atom. The van der Waals surface area contributed by atoms with Crippen molar-refractivity contribution in [2.24, 2.45) is 0 Å². The summed E-state index contributed by atoms with van der Waals surface area (Å²) in [5.74, 6) is -0.120. The van der Waals surface area contributed by atoms with Crippen molar-refractivity contribution >= 4 is 11.8 Å². The maximum absolute atomic E-state index is 12.8. The van der Waals surface area contributed by atoms with Crippen LogP contribution in [0.1, 0.15) is 55.1 Å². The molecule has 24 heavy (non-hydrogen) atoms. The molecule has 1 aromatic rings. The van der Waals surface area contributed by atoms with Crippen LogP contribution in [0.15, 0.2) is 12.3 Å². The van der Waals surface area contributed by atoms with Gasteiger partial charge in [-0.05, 0) is 51.1 Å². The molecule has 1 aliphatic carbocycles. The quantitative estimate of drug-likeness (QED) is 0.851. The van der Waals surface area contributed by atoms with E-state index in [1.165, 1.54) is 0 Å². The van der Waals surface area contributed by atoms with E-state index in [1.807, 2.05) is 10.9 Å². The molecule has 1 saturated carbocycles. The first kappa shape index (κ1) is 15.6. The van der Waals surface area contributed by atoms with Gasteiger partial charge in [0.15, 0.2) is 0 Å². The van der Waals surface area contributed by atoms with E-state index in [4.69, 9.17) is 0 Å². The summed E-state index contributed by atoms with van der Waals surface area (Å²) in [6.45, 7) is 2.58. The molecule has 130 valence electrons. The Morgan fingerprint density at radius 1 is 1.21 bits per heavy atom. The van der Waals surface area contributed by atoms with E-state index < -0.39 is 0 Å². The van der Waals surface area contributed by atoms with Gasteiger partial charge in [-0.1, -0.05) is 0 Å². The van der Waals surface area contributed by atoms with Crippen molar-refractivity contribution in [3.05, 3.63) is 18.0 Å². The van der Waals surface area contributed by atoms with Crippen LogP contribution in [0.25, 0.3) is 0 Å². The number of aromatic nitrogens is 2. The normalized spacial score (nSPS) is 27.2. The van der Waals surface area contributed by atoms with E-state index in [-0.39, 0.29) is 17.9 Å². The molecule has 0 radical (unpaired) electrons. The molecule has 2 N–H and O–H groups in total. The zero-order valence-electron chi connectivity index (χ0n) is 13.9. The Kier molecular flexibility index (Phi) is 4.26. The van der Waals surface area contributed by atoms with Crippen LogP contribution < -0.4 is 10.6 Å². The van der Waals surface area contributed by atoms with Crippen molar-refractivity contribution < 1.29 is 9.59 Å². The van der Waals surface area contributed by atoms with Crippen LogP contribution >= 0.6 is 0 Å². The second-order valence-corrected chi connectivity index (χ2v) is 7.12. The number of hydrogen-bond donors (Lipinski definition) is 2. The molecule has 7 nitrogen and oxygen atoms in total. The monoisotopic (exact) mass is 331 g/mol. The third-order valence-electron chi connectivity index (χ3n) is 5.21. The first-order valence-corrected chi connectivity index (χ1v) is 9.09. The highest BCUT2D eigenvalue weighted by Crippen LogP contribution is 2.24. The summed E-state index contributed by atoms with van der Waals surface area (Å²) in [5, 5.41) is 10.9. The number of likely N-dealkylation sites (tertiary alicyclic amines) is 1. The summed E-state index contributed by atoms with van der Waals surface area (Å²) >= 11 is 0. The van der Waals surface area contributed by atoms with Crippen molar-refractivity contribution in [1.29, 1.82) is 0 Å². The Balaban J connectivity index is 1.44. The zero-order valence-corrected chi connectivity index (χ0v) is 13.9. The zero-order chi connectivity index (χ0) is 16.5. The minimum absolute atomic E-state index is 0.000682. The fourth-order valence-corrected chi connectivity index (χ4v) is 3.67. The highest BCUT2D eigenvalue weighted by atomic mass is 16.2. The van der Waals surface area contributed by atoms with Crippen molar-refractivity contribution in [3.63, 3.8) is 0 Å². The van der Waals surface area contributed by atoms with Crippen molar-refractivity contribution in [3.8, 4) is 0 Å². The van der Waals surface area contributed by atoms with Gasteiger partial charge in [-0.3, -0.25) is 14.3 Å². The van der Waals surface area contributed by atoms with Gasteiger partial charge in [0.1, 0.15) is 11.7 Å². The predicted octanol–water partition coefficient (Wildman–Crippen LogP) is 0.691. The van der Waals surface area contributed by atoms with Gasteiger partial charge in [-0.25, -0.2) is 0 Å². The van der Waals surface area contributed by atoms with E-state index in [9.17, 15) is 9.59 Å². The van der Waals surface area contributed by atoms with Gasteiger partial charge < -0.3 is 15.5 Å². The fourth-order valence-electron chi connectivity index (χ4n) is 3.67. The average molecular weight is 331 g/mol. The van der Waals surface area contributed by atoms with Crippen molar-refractivity contribution in [2.45, 2.75) is 56.7 Å². The first-order valence-electron chi connectivity index (χ1n) is 9.09. The second-order valence-electron chi connectivity index (χ2n) is 7.12. The molecule has 2 saturated heterocycles. The minimum atomic E-state index is -0.334. The molecule has 3 heterocycles. The van der Waals surface area contributed by atoms with Gasteiger partial charge in [0.2, 0.25) is 5.91 Å². The molecular formula is C17H25N5O2. The lowest BCUT2D eigenvalue weighted by atomic mass is 10.1. The van der Waals surface area contributed by atoms with Crippen LogP contribution in [0.3, 0.4) is 0 Å². The number of amides is 2. The SMILES string of the molecule is O=C(NC1CC1)C1CCCN1C(=O)c1ccn(C2CCCNC2)n1. The number of carbonyl (C=O) groups excluding carboxylic acids is 2. The molecule has 2 aliphatic heterocycles. The lowest BCUT2D eigenvalue weighted by Crippen LogP contribution is -2.46. The van der Waals surface area contributed by atoms with Crippen LogP contribution in [-0.2, 0) is 4.79 Å². The maximum Gasteiger partial charge on any atom is 0.275 e. The van der Waals surface area contributed by atoms with E-state index >= 15 is 0 Å². The Morgan fingerprint density at radius 2 is 2.08 bits per heavy atom. The van der Waals surface area contributed by atoms with Gasteiger partial charge in [0.05, 0.1) is 6.04 Å². The Labute approximate surface area is 141 Å². The highest BCUT2D eigenvalue weighted by Gasteiger charge is 2.37. The smallest absolute Gasteiger partial charge is 0.275 e. The number of nitrogens with one attached hydrogen (secondary N) is 2. The summed E-state index contributed by atoms with van der Waals surface area (Å²) in [4.78, 5) is 26.9. The van der Waals surface area contributed by atoms with E-state index in [0.29, 0.717) is 24.3 Å². The molecule has 0 bridgehead atoms. The van der Waals surface area contributed by atoms with Gasteiger partial charge in [0.25, 0.3) is 5.91 Å². The molecule has 0 aromatic carbocycles. The third-order valence-corrected chi connectivity index (χ3v) is 5.21. The second kappa shape index (κ2) is 6.55. The predicted molar refractivity (Wildman–Crippen MR) is 88.6 cm³/mol. The molecule has 2 atom stereocenters. The first-order chi connectivity index (χ1) is 11.7. The average Bonchev–Trinajstić information content (AvgIpc) is 3.12. The fraction of sp³-hybridized carbons (Fsp3) is 0.706. The number of nitrogens with zero attached hydrogens (tertiary/aromatic N) is 3. The number of hydrogen-bond acceptors (Lipinski definition) is 4. The van der Waals surface area contributed by atoms with Gasteiger partial charge in [-0.2, -0.15) is 5.10 Å². The molecule has 4 rings (SSSR count). The molecule has 2 amide bonds. The standard InChI is InChI=1S/C17H25N5O2/c23-16(19-12-5-6-12)15-4-2-9-21(15)17(24)14-7-10-22(20-14)13-3-1-8-18-11-13/h7,10,12-13,15,18H,1-6,8-9,11H2,(H,19,23). The van der Waals surface area contributed by atoms with Gasteiger partial charge >= 0.3 is 0 Å². The highest BCUT2D eigenvalue weighted by molar-refractivity contribution is 5.96. The van der Waals surface area contributed by atoms with E-state index in [0.717, 1.165) is 51.6 Å². The number of carbonyl (C=O) groups is 2. The van der Waals surface area contributed by atoms with Crippen LogP contribution in [-0.4, -0.2) is 58.2 Å². The Bertz CT molecular complexity index is 618. The summed E-state index contributed by atoms with van der Waals surface area (Å²) in [6, 6.07) is 2.09. The van der Waals surface area contributed by atoms with Crippen LogP contribution in [0.4, 0.5) is 0 Å². The van der Waals surface area contributed by atoms with Crippen LogP contribution in [0.5, 0.6) is 0 Å². The van der Waals surface area contributed by atoms with Crippen LogP contribution in [0, 0.1) is 0 Å². The number of rotatable bonds is 4. The number of piperidine rings is 1. The maximum atomic E-state index is 12.8. The summed E-state index contributed by atoms with van der Waals surface area (Å²) in [7, 11) is 0. The molecule has 7 heteroatoms. The topological polar surface area (TPSA) is 79.3 Å².